The number of aromatic nitrogens is 3. The van der Waals surface area contributed by atoms with E-state index in [1.807, 2.05) is 50.2 Å². The van der Waals surface area contributed by atoms with Crippen LogP contribution in [0.4, 0.5) is 17.1 Å². The third kappa shape index (κ3) is 3.15. The van der Waals surface area contributed by atoms with Crippen molar-refractivity contribution < 1.29 is 4.79 Å². The quantitative estimate of drug-likeness (QED) is 0.310. The van der Waals surface area contributed by atoms with Crippen LogP contribution in [-0.2, 0) is 0 Å². The number of benzene rings is 1. The van der Waals surface area contributed by atoms with Crippen molar-refractivity contribution in [3.63, 3.8) is 0 Å². The molecule has 0 aliphatic heterocycles. The van der Waals surface area contributed by atoms with E-state index in [2.05, 4.69) is 25.3 Å². The molecule has 0 unspecified atom stereocenters. The first-order chi connectivity index (χ1) is 13.1. The number of fused-ring (bicyclic) bond motifs is 2. The molecule has 0 atom stereocenters. The first kappa shape index (κ1) is 17.2. The van der Waals surface area contributed by atoms with Gasteiger partial charge in [-0.25, -0.2) is 15.0 Å². The number of aromatic amines is 1. The number of nitrogens with one attached hydrogen (secondary N) is 2. The van der Waals surface area contributed by atoms with E-state index in [0.717, 1.165) is 44.7 Å². The van der Waals surface area contributed by atoms with Crippen molar-refractivity contribution in [2.45, 2.75) is 6.92 Å². The van der Waals surface area contributed by atoms with Crippen LogP contribution < -0.4 is 10.2 Å². The molecule has 0 aliphatic carbocycles. The van der Waals surface area contributed by atoms with Crippen molar-refractivity contribution >= 4 is 62.3 Å². The molecule has 0 fully saturated rings. The van der Waals surface area contributed by atoms with Crippen LogP contribution in [0.2, 0.25) is 0 Å². The Morgan fingerprint density at radius 2 is 2.15 bits per heavy atom. The van der Waals surface area contributed by atoms with E-state index in [9.17, 15) is 4.79 Å². The monoisotopic (exact) mass is 378 g/mol. The summed E-state index contributed by atoms with van der Waals surface area (Å²) in [7, 11) is 3.92. The Kier molecular flexibility index (Phi) is 4.33. The van der Waals surface area contributed by atoms with Gasteiger partial charge in [0.05, 0.1) is 39.0 Å². The van der Waals surface area contributed by atoms with Gasteiger partial charge in [-0.15, -0.1) is 11.3 Å². The average molecular weight is 378 g/mol. The summed E-state index contributed by atoms with van der Waals surface area (Å²) >= 11 is 1.35. The summed E-state index contributed by atoms with van der Waals surface area (Å²) in [5.74, 6) is 0.875. The Morgan fingerprint density at radius 3 is 2.93 bits per heavy atom. The molecule has 3 aromatic heterocycles. The largest absolute Gasteiger partial charge is 0.377 e. The summed E-state index contributed by atoms with van der Waals surface area (Å²) in [5, 5.41) is 4.05. The van der Waals surface area contributed by atoms with Gasteiger partial charge in [0.2, 0.25) is 0 Å². The molecular weight excluding hydrogens is 360 g/mol. The molecule has 2 N–H and O–H groups in total. The van der Waals surface area contributed by atoms with Crippen molar-refractivity contribution in [3.8, 4) is 0 Å². The fourth-order valence-electron chi connectivity index (χ4n) is 2.99. The number of hydrogen-bond donors (Lipinski definition) is 2. The smallest absolute Gasteiger partial charge is 0.162 e. The summed E-state index contributed by atoms with van der Waals surface area (Å²) in [5.41, 5.74) is 4.37. The van der Waals surface area contributed by atoms with E-state index in [4.69, 9.17) is 0 Å². The number of rotatable bonds is 5. The fraction of sp³-hybridized carbons (Fsp3) is 0.158. The number of pyridine rings is 1. The van der Waals surface area contributed by atoms with E-state index in [1.54, 1.807) is 12.5 Å². The molecular formula is C19H18N6OS. The molecule has 0 radical (unpaired) electrons. The van der Waals surface area contributed by atoms with Gasteiger partial charge in [0, 0.05) is 26.0 Å². The van der Waals surface area contributed by atoms with Gasteiger partial charge in [-0.05, 0) is 31.2 Å². The number of carbonyl (C=O) groups is 1. The number of nitrogens with zero attached hydrogens (tertiary/aromatic N) is 4. The maximum absolute atomic E-state index is 11.5. The van der Waals surface area contributed by atoms with Gasteiger partial charge in [0.25, 0.3) is 0 Å². The fourth-order valence-corrected chi connectivity index (χ4v) is 3.91. The highest BCUT2D eigenvalue weighted by Gasteiger charge is 2.16. The van der Waals surface area contributed by atoms with Crippen molar-refractivity contribution in [1.82, 2.24) is 15.0 Å². The molecule has 4 aromatic rings. The maximum Gasteiger partial charge on any atom is 0.162 e. The van der Waals surface area contributed by atoms with E-state index in [1.165, 1.54) is 11.3 Å². The number of H-pyrrole nitrogens is 1. The van der Waals surface area contributed by atoms with E-state index >= 15 is 0 Å². The summed E-state index contributed by atoms with van der Waals surface area (Å²) in [4.78, 5) is 31.4. The molecule has 0 spiro atoms. The minimum absolute atomic E-state index is 0.560. The Bertz CT molecular complexity index is 1170. The number of anilines is 2. The molecule has 136 valence electrons. The second-order valence-electron chi connectivity index (χ2n) is 6.29. The topological polar surface area (TPSA) is 86.3 Å². The number of thiophene rings is 1. The van der Waals surface area contributed by atoms with E-state index < -0.39 is 0 Å². The van der Waals surface area contributed by atoms with Crippen LogP contribution in [0.1, 0.15) is 15.5 Å². The Morgan fingerprint density at radius 1 is 1.30 bits per heavy atom. The number of aliphatic imine (C=N–C) groups is 1. The zero-order valence-electron chi connectivity index (χ0n) is 15.1. The van der Waals surface area contributed by atoms with Crippen molar-refractivity contribution in [2.75, 3.05) is 24.3 Å². The number of aryl methyl sites for hydroxylation is 1. The van der Waals surface area contributed by atoms with Crippen LogP contribution >= 0.6 is 11.3 Å². The highest BCUT2D eigenvalue weighted by molar-refractivity contribution is 7.21. The van der Waals surface area contributed by atoms with Crippen LogP contribution in [0, 0.1) is 6.92 Å². The zero-order valence-corrected chi connectivity index (χ0v) is 16.0. The molecule has 27 heavy (non-hydrogen) atoms. The molecule has 0 aliphatic rings. The number of carbonyl (C=O) groups excluding carboxylic acids is 1. The average Bonchev–Trinajstić information content (AvgIpc) is 3.20. The Hall–Kier alpha value is -3.26. The minimum Gasteiger partial charge on any atom is -0.377 e. The maximum atomic E-state index is 11.5. The zero-order chi connectivity index (χ0) is 19.0. The molecule has 3 heterocycles. The van der Waals surface area contributed by atoms with Crippen LogP contribution in [0.25, 0.3) is 21.3 Å². The summed E-state index contributed by atoms with van der Waals surface area (Å²) in [6, 6.07) is 7.78. The highest BCUT2D eigenvalue weighted by atomic mass is 32.1. The van der Waals surface area contributed by atoms with Gasteiger partial charge in [0.15, 0.2) is 6.29 Å². The lowest BCUT2D eigenvalue weighted by atomic mass is 10.2. The summed E-state index contributed by atoms with van der Waals surface area (Å²) in [6.07, 6.45) is 4.18. The number of hydrogen-bond acceptors (Lipinski definition) is 6. The SMILES string of the molecule is Cc1nc2ccc(NC=Nc3c(C=O)sc4nccc(N(C)C)c34)cc2[nH]1. The number of aldehydes is 1. The van der Waals surface area contributed by atoms with Crippen molar-refractivity contribution in [3.05, 3.63) is 41.2 Å². The third-order valence-electron chi connectivity index (χ3n) is 4.19. The van der Waals surface area contributed by atoms with Crippen LogP contribution in [0.5, 0.6) is 0 Å². The Balaban J connectivity index is 1.70. The summed E-state index contributed by atoms with van der Waals surface area (Å²) < 4.78 is 0. The van der Waals surface area contributed by atoms with Gasteiger partial charge in [-0.3, -0.25) is 4.79 Å². The molecule has 4 rings (SSSR count). The molecule has 0 saturated heterocycles. The Labute approximate surface area is 159 Å². The van der Waals surface area contributed by atoms with Gasteiger partial charge in [-0.2, -0.15) is 0 Å². The second kappa shape index (κ2) is 6.81. The molecule has 8 heteroatoms. The standard InChI is InChI=1S/C19H18N6OS/c1-11-23-13-5-4-12(8-14(13)24-11)21-10-22-18-16(9-26)27-19-17(18)15(25(2)3)6-7-20-19/h4-10H,1-3H3,(H,21,22)(H,23,24). The first-order valence-electron chi connectivity index (χ1n) is 8.36. The summed E-state index contributed by atoms with van der Waals surface area (Å²) in [6.45, 7) is 1.92. The van der Waals surface area contributed by atoms with E-state index in [-0.39, 0.29) is 0 Å². The van der Waals surface area contributed by atoms with Gasteiger partial charge >= 0.3 is 0 Å². The normalized spacial score (nSPS) is 11.5. The predicted octanol–water partition coefficient (Wildman–Crippen LogP) is 4.13. The third-order valence-corrected chi connectivity index (χ3v) is 5.20. The molecule has 0 saturated carbocycles. The van der Waals surface area contributed by atoms with E-state index in [0.29, 0.717) is 10.6 Å². The predicted molar refractivity (Wildman–Crippen MR) is 112 cm³/mol. The lowest BCUT2D eigenvalue weighted by Crippen LogP contribution is -2.08. The first-order valence-corrected chi connectivity index (χ1v) is 9.18. The van der Waals surface area contributed by atoms with Gasteiger partial charge in [-0.1, -0.05) is 0 Å². The van der Waals surface area contributed by atoms with Crippen molar-refractivity contribution in [1.29, 1.82) is 0 Å². The van der Waals surface area contributed by atoms with Crippen LogP contribution in [-0.4, -0.2) is 41.7 Å². The van der Waals surface area contributed by atoms with Crippen LogP contribution in [0.3, 0.4) is 0 Å². The lowest BCUT2D eigenvalue weighted by Gasteiger charge is -2.13. The van der Waals surface area contributed by atoms with Crippen molar-refractivity contribution in [2.24, 2.45) is 4.99 Å². The molecule has 1 aromatic carbocycles. The molecule has 0 bridgehead atoms. The van der Waals surface area contributed by atoms with Gasteiger partial charge in [0.1, 0.15) is 10.7 Å². The number of imidazole rings is 1. The second-order valence-corrected chi connectivity index (χ2v) is 7.32. The highest BCUT2D eigenvalue weighted by Crippen LogP contribution is 2.40. The van der Waals surface area contributed by atoms with Gasteiger partial charge < -0.3 is 15.2 Å². The van der Waals surface area contributed by atoms with Crippen LogP contribution in [0.15, 0.2) is 35.5 Å². The molecule has 0 amide bonds. The minimum atomic E-state index is 0.560. The molecule has 7 nitrogen and oxygen atoms in total. The lowest BCUT2D eigenvalue weighted by molar-refractivity contribution is 0.112.